The van der Waals surface area contributed by atoms with E-state index in [4.69, 9.17) is 4.74 Å². The average Bonchev–Trinajstić information content (AvgIpc) is 2.91. The number of anilines is 1. The number of aromatic nitrogens is 2. The lowest BCUT2D eigenvalue weighted by Gasteiger charge is -2.29. The van der Waals surface area contributed by atoms with Crippen LogP contribution in [0.5, 0.6) is 0 Å². The molecule has 0 saturated carbocycles. The van der Waals surface area contributed by atoms with Crippen molar-refractivity contribution in [2.75, 3.05) is 44.3 Å². The molecule has 0 atom stereocenters. The van der Waals surface area contributed by atoms with E-state index in [2.05, 4.69) is 14.9 Å². The molecule has 2 aliphatic heterocycles. The van der Waals surface area contributed by atoms with Crippen LogP contribution in [0.2, 0.25) is 0 Å². The van der Waals surface area contributed by atoms with Gasteiger partial charge in [0.2, 0.25) is 0 Å². The van der Waals surface area contributed by atoms with E-state index in [0.717, 1.165) is 61.8 Å². The first kappa shape index (κ1) is 17.0. The number of rotatable bonds is 2. The third kappa shape index (κ3) is 3.29. The zero-order valence-electron chi connectivity index (χ0n) is 15.1. The lowest BCUT2D eigenvalue weighted by Crippen LogP contribution is -2.37. The largest absolute Gasteiger partial charge is 0.378 e. The van der Waals surface area contributed by atoms with Crippen LogP contribution in [0, 0.1) is 6.92 Å². The normalized spacial score (nSPS) is 17.6. The van der Waals surface area contributed by atoms with Crippen molar-refractivity contribution in [2.24, 2.45) is 0 Å². The Bertz CT molecular complexity index is 802. The number of aryl methyl sites for hydroxylation is 1. The van der Waals surface area contributed by atoms with E-state index >= 15 is 0 Å². The lowest BCUT2D eigenvalue weighted by atomic mass is 10.1. The van der Waals surface area contributed by atoms with Crippen molar-refractivity contribution in [3.63, 3.8) is 0 Å². The minimum atomic E-state index is 0.108. The van der Waals surface area contributed by atoms with Gasteiger partial charge in [-0.2, -0.15) is 0 Å². The van der Waals surface area contributed by atoms with E-state index in [1.165, 1.54) is 5.56 Å². The van der Waals surface area contributed by atoms with Gasteiger partial charge in [-0.1, -0.05) is 18.2 Å². The van der Waals surface area contributed by atoms with Crippen LogP contribution < -0.4 is 4.90 Å². The minimum absolute atomic E-state index is 0.108. The first-order valence-corrected chi connectivity index (χ1v) is 9.24. The highest BCUT2D eigenvalue weighted by Gasteiger charge is 2.25. The van der Waals surface area contributed by atoms with Crippen molar-refractivity contribution >= 4 is 11.7 Å². The van der Waals surface area contributed by atoms with Crippen molar-refractivity contribution in [2.45, 2.75) is 19.8 Å². The summed E-state index contributed by atoms with van der Waals surface area (Å²) in [6.45, 7) is 6.56. The van der Waals surface area contributed by atoms with Gasteiger partial charge in [-0.15, -0.1) is 0 Å². The Balaban J connectivity index is 1.56. The molecule has 136 valence electrons. The van der Waals surface area contributed by atoms with Crippen LogP contribution in [0.1, 0.15) is 27.2 Å². The van der Waals surface area contributed by atoms with Crippen LogP contribution >= 0.6 is 0 Å². The fraction of sp³-hybridized carbons (Fsp3) is 0.450. The minimum Gasteiger partial charge on any atom is -0.378 e. The zero-order chi connectivity index (χ0) is 17.9. The third-order valence-corrected chi connectivity index (χ3v) is 5.24. The highest BCUT2D eigenvalue weighted by atomic mass is 16.5. The van der Waals surface area contributed by atoms with Gasteiger partial charge in [-0.3, -0.25) is 4.79 Å². The van der Waals surface area contributed by atoms with Crippen LogP contribution in [0.3, 0.4) is 0 Å². The van der Waals surface area contributed by atoms with Crippen molar-refractivity contribution in [1.29, 1.82) is 0 Å². The summed E-state index contributed by atoms with van der Waals surface area (Å²) in [6.07, 6.45) is 3.22. The van der Waals surface area contributed by atoms with Gasteiger partial charge in [-0.25, -0.2) is 9.97 Å². The summed E-state index contributed by atoms with van der Waals surface area (Å²) < 4.78 is 5.46. The lowest BCUT2D eigenvalue weighted by molar-refractivity contribution is 0.0762. The highest BCUT2D eigenvalue weighted by molar-refractivity contribution is 5.95. The van der Waals surface area contributed by atoms with Crippen LogP contribution in [0.4, 0.5) is 5.82 Å². The van der Waals surface area contributed by atoms with Gasteiger partial charge in [0.1, 0.15) is 12.1 Å². The summed E-state index contributed by atoms with van der Waals surface area (Å²) in [4.78, 5) is 26.3. The molecule has 0 bridgehead atoms. The molecular formula is C20H24N4O2. The van der Waals surface area contributed by atoms with Gasteiger partial charge in [-0.05, 0) is 25.0 Å². The Labute approximate surface area is 153 Å². The molecular weight excluding hydrogens is 328 g/mol. The fourth-order valence-corrected chi connectivity index (χ4v) is 3.74. The Kier molecular flexibility index (Phi) is 4.84. The van der Waals surface area contributed by atoms with Crippen molar-refractivity contribution in [1.82, 2.24) is 14.9 Å². The maximum atomic E-state index is 13.0. The molecule has 2 aliphatic rings. The van der Waals surface area contributed by atoms with E-state index in [1.54, 1.807) is 6.33 Å². The Morgan fingerprint density at radius 3 is 2.62 bits per heavy atom. The third-order valence-electron chi connectivity index (χ3n) is 5.24. The zero-order valence-corrected chi connectivity index (χ0v) is 15.1. The molecule has 0 aliphatic carbocycles. The number of benzene rings is 1. The quantitative estimate of drug-likeness (QED) is 0.826. The predicted molar refractivity (Wildman–Crippen MR) is 99.6 cm³/mol. The molecule has 1 fully saturated rings. The Morgan fingerprint density at radius 2 is 1.81 bits per heavy atom. The summed E-state index contributed by atoms with van der Waals surface area (Å²) in [6, 6.07) is 7.79. The Morgan fingerprint density at radius 1 is 1.04 bits per heavy atom. The van der Waals surface area contributed by atoms with Gasteiger partial charge in [0.25, 0.3) is 5.91 Å². The monoisotopic (exact) mass is 352 g/mol. The second-order valence-electron chi connectivity index (χ2n) is 6.83. The number of hydrogen-bond donors (Lipinski definition) is 0. The SMILES string of the molecule is Cc1ccccc1C(=O)N1CCc2ncnc(N3CCOCC3)c2CC1. The van der Waals surface area contributed by atoms with E-state index in [-0.39, 0.29) is 5.91 Å². The number of nitrogens with zero attached hydrogens (tertiary/aromatic N) is 4. The number of morpholine rings is 1. The molecule has 6 heteroatoms. The molecule has 4 rings (SSSR count). The van der Waals surface area contributed by atoms with Gasteiger partial charge in [0.15, 0.2) is 0 Å². The topological polar surface area (TPSA) is 58.6 Å². The van der Waals surface area contributed by atoms with Crippen LogP contribution in [0.25, 0.3) is 0 Å². The fourth-order valence-electron chi connectivity index (χ4n) is 3.74. The number of hydrogen-bond acceptors (Lipinski definition) is 5. The Hall–Kier alpha value is -2.47. The van der Waals surface area contributed by atoms with Crippen molar-refractivity contribution < 1.29 is 9.53 Å². The summed E-state index contributed by atoms with van der Waals surface area (Å²) in [5.41, 5.74) is 4.07. The average molecular weight is 352 g/mol. The molecule has 1 saturated heterocycles. The number of ether oxygens (including phenoxy) is 1. The molecule has 1 amide bonds. The standard InChI is InChI=1S/C20H24N4O2/c1-15-4-2-3-5-16(15)20(25)24-8-6-17-18(7-9-24)21-14-22-19(17)23-10-12-26-13-11-23/h2-5,14H,6-13H2,1H3. The summed E-state index contributed by atoms with van der Waals surface area (Å²) in [5, 5.41) is 0. The smallest absolute Gasteiger partial charge is 0.254 e. The molecule has 6 nitrogen and oxygen atoms in total. The number of carbonyl (C=O) groups excluding carboxylic acids is 1. The molecule has 1 aromatic heterocycles. The highest BCUT2D eigenvalue weighted by Crippen LogP contribution is 2.25. The number of carbonyl (C=O) groups is 1. The van der Waals surface area contributed by atoms with Gasteiger partial charge in [0, 0.05) is 43.7 Å². The van der Waals surface area contributed by atoms with E-state index in [1.807, 2.05) is 36.1 Å². The molecule has 0 spiro atoms. The van der Waals surface area contributed by atoms with E-state index in [0.29, 0.717) is 13.1 Å². The molecule has 3 heterocycles. The van der Waals surface area contributed by atoms with Crippen LogP contribution in [-0.2, 0) is 17.6 Å². The summed E-state index contributed by atoms with van der Waals surface area (Å²) in [5.74, 6) is 1.13. The predicted octanol–water partition coefficient (Wildman–Crippen LogP) is 1.86. The maximum absolute atomic E-state index is 13.0. The first-order valence-electron chi connectivity index (χ1n) is 9.24. The number of amides is 1. The van der Waals surface area contributed by atoms with Crippen molar-refractivity contribution in [3.05, 3.63) is 53.0 Å². The van der Waals surface area contributed by atoms with Gasteiger partial charge < -0.3 is 14.5 Å². The molecule has 0 radical (unpaired) electrons. The van der Waals surface area contributed by atoms with E-state index < -0.39 is 0 Å². The van der Waals surface area contributed by atoms with E-state index in [9.17, 15) is 4.79 Å². The molecule has 2 aromatic rings. The maximum Gasteiger partial charge on any atom is 0.254 e. The second kappa shape index (κ2) is 7.41. The van der Waals surface area contributed by atoms with Gasteiger partial charge >= 0.3 is 0 Å². The van der Waals surface area contributed by atoms with Crippen molar-refractivity contribution in [3.8, 4) is 0 Å². The molecule has 26 heavy (non-hydrogen) atoms. The summed E-state index contributed by atoms with van der Waals surface area (Å²) >= 11 is 0. The second-order valence-corrected chi connectivity index (χ2v) is 6.83. The van der Waals surface area contributed by atoms with Crippen LogP contribution in [-0.4, -0.2) is 60.2 Å². The molecule has 1 aromatic carbocycles. The summed E-state index contributed by atoms with van der Waals surface area (Å²) in [7, 11) is 0. The van der Waals surface area contributed by atoms with Gasteiger partial charge in [0.05, 0.1) is 18.9 Å². The molecule has 0 N–H and O–H groups in total. The molecule has 0 unspecified atom stereocenters. The van der Waals surface area contributed by atoms with Crippen LogP contribution in [0.15, 0.2) is 30.6 Å². The first-order chi connectivity index (χ1) is 12.7. The number of fused-ring (bicyclic) bond motifs is 1.